The lowest BCUT2D eigenvalue weighted by Crippen LogP contribution is -2.10. The molecule has 2 aromatic rings. The summed E-state index contributed by atoms with van der Waals surface area (Å²) in [4.78, 5) is 7.82. The lowest BCUT2D eigenvalue weighted by molar-refractivity contribution is 0.424. The van der Waals surface area contributed by atoms with Gasteiger partial charge in [0.25, 0.3) is 0 Å². The maximum absolute atomic E-state index is 13.5. The molecule has 0 radical (unpaired) electrons. The van der Waals surface area contributed by atoms with Gasteiger partial charge in [-0.2, -0.15) is 4.98 Å². The van der Waals surface area contributed by atoms with Gasteiger partial charge in [-0.05, 0) is 34.1 Å². The number of hydrazine groups is 1. The first-order valence-electron chi connectivity index (χ1n) is 4.72. The number of halogens is 3. The number of ether oxygens (including phenoxy) is 1. The van der Waals surface area contributed by atoms with Crippen LogP contribution in [-0.2, 0) is 0 Å². The Kier molecular flexibility index (Phi) is 4.10. The van der Waals surface area contributed by atoms with Crippen molar-refractivity contribution in [2.45, 2.75) is 0 Å². The van der Waals surface area contributed by atoms with Gasteiger partial charge in [-0.25, -0.2) is 15.2 Å². The SMILES string of the molecule is NNc1ncc(Br)c(Oc2cc(Br)ccc2F)n1. The van der Waals surface area contributed by atoms with Gasteiger partial charge >= 0.3 is 0 Å². The Morgan fingerprint density at radius 2 is 2.11 bits per heavy atom. The molecule has 1 heterocycles. The molecule has 0 spiro atoms. The van der Waals surface area contributed by atoms with E-state index in [-0.39, 0.29) is 17.6 Å². The summed E-state index contributed by atoms with van der Waals surface area (Å²) in [6.45, 7) is 0. The number of nitrogens with one attached hydrogen (secondary N) is 1. The van der Waals surface area contributed by atoms with E-state index in [0.29, 0.717) is 8.95 Å². The number of benzene rings is 1. The fraction of sp³-hybridized carbons (Fsp3) is 0. The van der Waals surface area contributed by atoms with Gasteiger partial charge in [-0.15, -0.1) is 0 Å². The lowest BCUT2D eigenvalue weighted by atomic mass is 10.3. The highest BCUT2D eigenvalue weighted by atomic mass is 79.9. The van der Waals surface area contributed by atoms with Crippen molar-refractivity contribution in [3.63, 3.8) is 0 Å². The third-order valence-electron chi connectivity index (χ3n) is 1.94. The first-order chi connectivity index (χ1) is 8.60. The maximum Gasteiger partial charge on any atom is 0.240 e. The topological polar surface area (TPSA) is 73.1 Å². The van der Waals surface area contributed by atoms with Crippen molar-refractivity contribution in [3.05, 3.63) is 39.2 Å². The second-order valence-electron chi connectivity index (χ2n) is 3.17. The van der Waals surface area contributed by atoms with Crippen LogP contribution in [0.15, 0.2) is 33.3 Å². The summed E-state index contributed by atoms with van der Waals surface area (Å²) in [7, 11) is 0. The van der Waals surface area contributed by atoms with Crippen molar-refractivity contribution < 1.29 is 9.13 Å². The molecule has 0 aliphatic carbocycles. The van der Waals surface area contributed by atoms with Crippen LogP contribution in [0.4, 0.5) is 10.3 Å². The summed E-state index contributed by atoms with van der Waals surface area (Å²) < 4.78 is 20.1. The first kappa shape index (κ1) is 13.2. The Labute approximate surface area is 119 Å². The number of nitrogens with two attached hydrogens (primary N) is 1. The molecular weight excluding hydrogens is 371 g/mol. The molecule has 0 fully saturated rings. The summed E-state index contributed by atoms with van der Waals surface area (Å²) >= 11 is 6.44. The van der Waals surface area contributed by atoms with Crippen molar-refractivity contribution in [2.75, 3.05) is 5.43 Å². The van der Waals surface area contributed by atoms with Crippen molar-refractivity contribution in [3.8, 4) is 11.6 Å². The smallest absolute Gasteiger partial charge is 0.240 e. The number of hydrogen-bond acceptors (Lipinski definition) is 5. The van der Waals surface area contributed by atoms with Crippen LogP contribution in [0.1, 0.15) is 0 Å². The molecule has 5 nitrogen and oxygen atoms in total. The largest absolute Gasteiger partial charge is 0.435 e. The van der Waals surface area contributed by atoms with Gasteiger partial charge in [-0.3, -0.25) is 5.43 Å². The average molecular weight is 378 g/mol. The van der Waals surface area contributed by atoms with E-state index in [4.69, 9.17) is 10.6 Å². The fourth-order valence-electron chi connectivity index (χ4n) is 1.15. The third-order valence-corrected chi connectivity index (χ3v) is 2.98. The van der Waals surface area contributed by atoms with Crippen molar-refractivity contribution >= 4 is 37.8 Å². The predicted octanol–water partition coefficient (Wildman–Crippen LogP) is 3.22. The molecule has 0 unspecified atom stereocenters. The standard InChI is InChI=1S/C10H7Br2FN4O/c11-5-1-2-7(13)8(3-5)18-9-6(12)4-15-10(16-9)17-14/h1-4H,14H2,(H,15,16,17). The Bertz CT molecular complexity index is 582. The third kappa shape index (κ3) is 2.95. The van der Waals surface area contributed by atoms with Crippen molar-refractivity contribution in [2.24, 2.45) is 5.84 Å². The molecule has 8 heteroatoms. The van der Waals surface area contributed by atoms with Crippen LogP contribution in [0.5, 0.6) is 11.6 Å². The van der Waals surface area contributed by atoms with Crippen LogP contribution in [-0.4, -0.2) is 9.97 Å². The summed E-state index contributed by atoms with van der Waals surface area (Å²) in [5, 5.41) is 0. The van der Waals surface area contributed by atoms with Gasteiger partial charge in [0.2, 0.25) is 11.8 Å². The maximum atomic E-state index is 13.5. The number of hydrogen-bond donors (Lipinski definition) is 2. The minimum absolute atomic E-state index is 0.0479. The minimum atomic E-state index is -0.494. The molecule has 0 aliphatic heterocycles. The average Bonchev–Trinajstić information content (AvgIpc) is 2.36. The zero-order valence-electron chi connectivity index (χ0n) is 8.82. The van der Waals surface area contributed by atoms with Crippen LogP contribution in [0.25, 0.3) is 0 Å². The molecular formula is C10H7Br2FN4O. The van der Waals surface area contributed by atoms with E-state index in [9.17, 15) is 4.39 Å². The molecule has 3 N–H and O–H groups in total. The van der Waals surface area contributed by atoms with Crippen LogP contribution < -0.4 is 16.0 Å². The number of nitrogen functional groups attached to an aromatic ring is 1. The van der Waals surface area contributed by atoms with E-state index in [1.54, 1.807) is 6.07 Å². The van der Waals surface area contributed by atoms with E-state index in [0.717, 1.165) is 0 Å². The van der Waals surface area contributed by atoms with Gasteiger partial charge in [0, 0.05) is 4.47 Å². The second-order valence-corrected chi connectivity index (χ2v) is 4.94. The molecule has 2 rings (SSSR count). The van der Waals surface area contributed by atoms with Crippen LogP contribution in [0.2, 0.25) is 0 Å². The molecule has 18 heavy (non-hydrogen) atoms. The highest BCUT2D eigenvalue weighted by Gasteiger charge is 2.11. The number of anilines is 1. The predicted molar refractivity (Wildman–Crippen MR) is 71.7 cm³/mol. The minimum Gasteiger partial charge on any atom is -0.435 e. The van der Waals surface area contributed by atoms with E-state index in [1.807, 2.05) is 0 Å². The zero-order chi connectivity index (χ0) is 13.1. The van der Waals surface area contributed by atoms with Gasteiger partial charge in [0.05, 0.1) is 10.7 Å². The molecule has 0 amide bonds. The molecule has 0 saturated heterocycles. The first-order valence-corrected chi connectivity index (χ1v) is 6.31. The van der Waals surface area contributed by atoms with Crippen LogP contribution in [0.3, 0.4) is 0 Å². The van der Waals surface area contributed by atoms with E-state index >= 15 is 0 Å². The normalized spacial score (nSPS) is 10.2. The Morgan fingerprint density at radius 3 is 2.83 bits per heavy atom. The van der Waals surface area contributed by atoms with Crippen molar-refractivity contribution in [1.29, 1.82) is 0 Å². The highest BCUT2D eigenvalue weighted by molar-refractivity contribution is 9.10. The monoisotopic (exact) mass is 376 g/mol. The fourth-order valence-corrected chi connectivity index (χ4v) is 1.76. The molecule has 1 aromatic carbocycles. The molecule has 0 bridgehead atoms. The summed E-state index contributed by atoms with van der Waals surface area (Å²) in [6, 6.07) is 4.36. The molecule has 0 aliphatic rings. The summed E-state index contributed by atoms with van der Waals surface area (Å²) in [6.07, 6.45) is 1.45. The Hall–Kier alpha value is -1.25. The Morgan fingerprint density at radius 1 is 1.33 bits per heavy atom. The van der Waals surface area contributed by atoms with E-state index in [1.165, 1.54) is 18.3 Å². The van der Waals surface area contributed by atoms with Gasteiger partial charge < -0.3 is 4.74 Å². The molecule has 0 atom stereocenters. The quantitative estimate of drug-likeness (QED) is 0.634. The van der Waals surface area contributed by atoms with E-state index in [2.05, 4.69) is 47.3 Å². The highest BCUT2D eigenvalue weighted by Crippen LogP contribution is 2.31. The lowest BCUT2D eigenvalue weighted by Gasteiger charge is -2.08. The zero-order valence-corrected chi connectivity index (χ0v) is 12.0. The van der Waals surface area contributed by atoms with Crippen LogP contribution in [0, 0.1) is 5.82 Å². The van der Waals surface area contributed by atoms with Crippen LogP contribution >= 0.6 is 31.9 Å². The van der Waals surface area contributed by atoms with Crippen molar-refractivity contribution in [1.82, 2.24) is 9.97 Å². The second kappa shape index (κ2) is 5.59. The number of aromatic nitrogens is 2. The van der Waals surface area contributed by atoms with E-state index < -0.39 is 5.82 Å². The molecule has 1 aromatic heterocycles. The molecule has 0 saturated carbocycles. The summed E-state index contributed by atoms with van der Waals surface area (Å²) in [5.74, 6) is 5.07. The van der Waals surface area contributed by atoms with Gasteiger partial charge in [-0.1, -0.05) is 15.9 Å². The molecule has 94 valence electrons. The Balaban J connectivity index is 2.36. The summed E-state index contributed by atoms with van der Waals surface area (Å²) in [5.41, 5.74) is 2.28. The number of rotatable bonds is 3. The van der Waals surface area contributed by atoms with Gasteiger partial charge in [0.15, 0.2) is 11.6 Å². The number of nitrogens with zero attached hydrogens (tertiary/aromatic N) is 2. The van der Waals surface area contributed by atoms with Gasteiger partial charge in [0.1, 0.15) is 0 Å².